The zero-order chi connectivity index (χ0) is 11.5. The Morgan fingerprint density at radius 2 is 2.27 bits per heavy atom. The van der Waals surface area contributed by atoms with Crippen LogP contribution in [0.2, 0.25) is 0 Å². The molecule has 0 saturated carbocycles. The van der Waals surface area contributed by atoms with Crippen molar-refractivity contribution in [3.8, 4) is 0 Å². The van der Waals surface area contributed by atoms with Crippen molar-refractivity contribution < 1.29 is 4.74 Å². The topological polar surface area (TPSA) is 24.5 Å². The summed E-state index contributed by atoms with van der Waals surface area (Å²) in [6.07, 6.45) is 4.40. The average molecular weight is 214 g/mol. The second kappa shape index (κ2) is 10.1. The number of hydrogen-bond donors (Lipinski definition) is 1. The molecule has 0 aliphatic rings. The van der Waals surface area contributed by atoms with E-state index in [0.717, 1.165) is 26.2 Å². The minimum absolute atomic E-state index is 0.603. The first-order valence-electron chi connectivity index (χ1n) is 5.74. The highest BCUT2D eigenvalue weighted by atomic mass is 16.5. The Hall–Kier alpha value is -0.380. The largest absolute Gasteiger partial charge is 0.383 e. The van der Waals surface area contributed by atoms with E-state index < -0.39 is 0 Å². The Labute approximate surface area is 94.5 Å². The van der Waals surface area contributed by atoms with Gasteiger partial charge in [0, 0.05) is 26.2 Å². The van der Waals surface area contributed by atoms with E-state index in [4.69, 9.17) is 4.74 Å². The summed E-state index contributed by atoms with van der Waals surface area (Å²) >= 11 is 0. The summed E-state index contributed by atoms with van der Waals surface area (Å²) in [6, 6.07) is 0.603. The number of rotatable bonds is 10. The quantitative estimate of drug-likeness (QED) is 0.441. The maximum absolute atomic E-state index is 5.11. The van der Waals surface area contributed by atoms with Crippen LogP contribution in [0.4, 0.5) is 0 Å². The Morgan fingerprint density at radius 3 is 2.80 bits per heavy atom. The van der Waals surface area contributed by atoms with Crippen molar-refractivity contribution in [3.63, 3.8) is 0 Å². The summed E-state index contributed by atoms with van der Waals surface area (Å²) in [6.45, 7) is 9.89. The summed E-state index contributed by atoms with van der Waals surface area (Å²) < 4.78 is 5.11. The van der Waals surface area contributed by atoms with E-state index in [-0.39, 0.29) is 0 Å². The van der Waals surface area contributed by atoms with Gasteiger partial charge in [-0.25, -0.2) is 0 Å². The molecule has 0 aromatic rings. The fraction of sp³-hybridized carbons (Fsp3) is 0.833. The minimum Gasteiger partial charge on any atom is -0.383 e. The lowest BCUT2D eigenvalue weighted by Gasteiger charge is -2.27. The highest BCUT2D eigenvalue weighted by Gasteiger charge is 2.11. The van der Waals surface area contributed by atoms with Crippen LogP contribution in [-0.2, 0) is 4.74 Å². The highest BCUT2D eigenvalue weighted by Crippen LogP contribution is 2.06. The van der Waals surface area contributed by atoms with Gasteiger partial charge in [-0.2, -0.15) is 0 Å². The van der Waals surface area contributed by atoms with Gasteiger partial charge in [0.2, 0.25) is 0 Å². The van der Waals surface area contributed by atoms with E-state index in [2.05, 4.69) is 23.7 Å². The van der Waals surface area contributed by atoms with Crippen LogP contribution in [0.3, 0.4) is 0 Å². The number of hydrogen-bond acceptors (Lipinski definition) is 3. The van der Waals surface area contributed by atoms with Crippen LogP contribution in [-0.4, -0.2) is 51.3 Å². The lowest BCUT2D eigenvalue weighted by molar-refractivity contribution is 0.129. The first-order chi connectivity index (χ1) is 7.26. The van der Waals surface area contributed by atoms with Crippen molar-refractivity contribution in [3.05, 3.63) is 12.7 Å². The third kappa shape index (κ3) is 7.54. The van der Waals surface area contributed by atoms with E-state index in [9.17, 15) is 0 Å². The van der Waals surface area contributed by atoms with Crippen LogP contribution in [0.15, 0.2) is 12.7 Å². The van der Waals surface area contributed by atoms with Crippen molar-refractivity contribution in [2.45, 2.75) is 25.8 Å². The van der Waals surface area contributed by atoms with E-state index in [1.54, 1.807) is 7.11 Å². The second-order valence-corrected chi connectivity index (χ2v) is 3.87. The van der Waals surface area contributed by atoms with Crippen LogP contribution in [0, 0.1) is 0 Å². The van der Waals surface area contributed by atoms with Gasteiger partial charge in [0.25, 0.3) is 0 Å². The van der Waals surface area contributed by atoms with Crippen LogP contribution in [0.25, 0.3) is 0 Å². The molecule has 0 radical (unpaired) electrons. The Morgan fingerprint density at radius 1 is 1.53 bits per heavy atom. The molecule has 0 heterocycles. The van der Waals surface area contributed by atoms with Crippen LogP contribution in [0.5, 0.6) is 0 Å². The summed E-state index contributed by atoms with van der Waals surface area (Å²) in [5.74, 6) is 0. The predicted molar refractivity (Wildman–Crippen MR) is 66.3 cm³/mol. The molecule has 1 atom stereocenters. The normalized spacial score (nSPS) is 13.1. The third-order valence-corrected chi connectivity index (χ3v) is 2.62. The van der Waals surface area contributed by atoms with Gasteiger partial charge in [0.1, 0.15) is 0 Å². The third-order valence-electron chi connectivity index (χ3n) is 2.62. The first kappa shape index (κ1) is 14.6. The van der Waals surface area contributed by atoms with E-state index in [0.29, 0.717) is 6.04 Å². The minimum atomic E-state index is 0.603. The van der Waals surface area contributed by atoms with Gasteiger partial charge < -0.3 is 10.1 Å². The SMILES string of the molecule is C=CCN(CCOC)C(C)CCCNC. The van der Waals surface area contributed by atoms with Gasteiger partial charge in [-0.15, -0.1) is 6.58 Å². The smallest absolute Gasteiger partial charge is 0.0589 e. The molecule has 1 N–H and O–H groups in total. The standard InChI is InChI=1S/C12H26N2O/c1-5-9-14(10-11-15-4)12(2)7-6-8-13-3/h5,12-13H,1,6-11H2,2-4H3. The van der Waals surface area contributed by atoms with Gasteiger partial charge in [0.05, 0.1) is 6.61 Å². The molecule has 0 fully saturated rings. The van der Waals surface area contributed by atoms with Crippen molar-refractivity contribution in [1.82, 2.24) is 10.2 Å². The molecule has 0 aromatic carbocycles. The maximum atomic E-state index is 5.11. The second-order valence-electron chi connectivity index (χ2n) is 3.87. The van der Waals surface area contributed by atoms with Crippen molar-refractivity contribution in [2.24, 2.45) is 0 Å². The molecule has 0 rings (SSSR count). The number of ether oxygens (including phenoxy) is 1. The average Bonchev–Trinajstić information content (AvgIpc) is 2.24. The monoisotopic (exact) mass is 214 g/mol. The molecule has 90 valence electrons. The lowest BCUT2D eigenvalue weighted by atomic mass is 10.1. The molecular formula is C12H26N2O. The molecule has 3 nitrogen and oxygen atoms in total. The van der Waals surface area contributed by atoms with Gasteiger partial charge in [0.15, 0.2) is 0 Å². The summed E-state index contributed by atoms with van der Waals surface area (Å²) in [7, 11) is 3.74. The highest BCUT2D eigenvalue weighted by molar-refractivity contribution is 4.77. The van der Waals surface area contributed by atoms with E-state index in [1.165, 1.54) is 12.8 Å². The van der Waals surface area contributed by atoms with Crippen molar-refractivity contribution in [2.75, 3.05) is 40.4 Å². The van der Waals surface area contributed by atoms with Crippen molar-refractivity contribution >= 4 is 0 Å². The molecule has 0 spiro atoms. The Kier molecular flexibility index (Phi) is 9.89. The Balaban J connectivity index is 3.80. The first-order valence-corrected chi connectivity index (χ1v) is 5.74. The van der Waals surface area contributed by atoms with Crippen LogP contribution < -0.4 is 5.32 Å². The van der Waals surface area contributed by atoms with Crippen LogP contribution in [0.1, 0.15) is 19.8 Å². The fourth-order valence-electron chi connectivity index (χ4n) is 1.62. The van der Waals surface area contributed by atoms with Gasteiger partial charge >= 0.3 is 0 Å². The molecule has 1 unspecified atom stereocenters. The zero-order valence-corrected chi connectivity index (χ0v) is 10.5. The number of nitrogens with zero attached hydrogens (tertiary/aromatic N) is 1. The van der Waals surface area contributed by atoms with Crippen LogP contribution >= 0.6 is 0 Å². The van der Waals surface area contributed by atoms with Gasteiger partial charge in [-0.1, -0.05) is 6.08 Å². The van der Waals surface area contributed by atoms with Crippen molar-refractivity contribution in [1.29, 1.82) is 0 Å². The fourth-order valence-corrected chi connectivity index (χ4v) is 1.62. The molecular weight excluding hydrogens is 188 g/mol. The maximum Gasteiger partial charge on any atom is 0.0589 e. The molecule has 3 heteroatoms. The molecule has 15 heavy (non-hydrogen) atoms. The molecule has 0 saturated heterocycles. The van der Waals surface area contributed by atoms with E-state index >= 15 is 0 Å². The number of methoxy groups -OCH3 is 1. The molecule has 0 aromatic heterocycles. The lowest BCUT2D eigenvalue weighted by Crippen LogP contribution is -2.36. The molecule has 0 bridgehead atoms. The summed E-state index contributed by atoms with van der Waals surface area (Å²) in [5, 5.41) is 3.17. The zero-order valence-electron chi connectivity index (χ0n) is 10.5. The van der Waals surface area contributed by atoms with Gasteiger partial charge in [-0.05, 0) is 33.4 Å². The summed E-state index contributed by atoms with van der Waals surface area (Å²) in [4.78, 5) is 2.41. The molecule has 0 aliphatic heterocycles. The predicted octanol–water partition coefficient (Wildman–Crippen LogP) is 1.51. The molecule has 0 amide bonds. The molecule has 0 aliphatic carbocycles. The van der Waals surface area contributed by atoms with Gasteiger partial charge in [-0.3, -0.25) is 4.90 Å². The summed E-state index contributed by atoms with van der Waals surface area (Å²) in [5.41, 5.74) is 0. The number of nitrogens with one attached hydrogen (secondary N) is 1. The van der Waals surface area contributed by atoms with E-state index in [1.807, 2.05) is 13.1 Å². The Bertz CT molecular complexity index is 151.